The second-order valence-electron chi connectivity index (χ2n) is 4.27. The highest BCUT2D eigenvalue weighted by Gasteiger charge is 2.05. The van der Waals surface area contributed by atoms with Crippen LogP contribution in [0.2, 0.25) is 0 Å². The van der Waals surface area contributed by atoms with Gasteiger partial charge < -0.3 is 10.1 Å². The molecule has 0 aliphatic carbocycles. The third-order valence-electron chi connectivity index (χ3n) is 2.63. The van der Waals surface area contributed by atoms with Crippen LogP contribution in [0.5, 0.6) is 5.75 Å². The predicted molar refractivity (Wildman–Crippen MR) is 74.2 cm³/mol. The molecule has 0 saturated heterocycles. The summed E-state index contributed by atoms with van der Waals surface area (Å²) in [6.45, 7) is 4.70. The van der Waals surface area contributed by atoms with Gasteiger partial charge in [-0.3, -0.25) is 4.98 Å². The van der Waals surface area contributed by atoms with Crippen LogP contribution in [-0.2, 0) is 6.42 Å². The van der Waals surface area contributed by atoms with Gasteiger partial charge in [0.1, 0.15) is 11.9 Å². The minimum atomic E-state index is 0.0126. The molecule has 0 spiro atoms. The van der Waals surface area contributed by atoms with E-state index >= 15 is 0 Å². The minimum Gasteiger partial charge on any atom is -0.487 e. The summed E-state index contributed by atoms with van der Waals surface area (Å²) in [5.41, 5.74) is 1.13. The SMILES string of the molecule is CCc1cnc(NCC(C)Oc2cccnc2)nc1. The Hall–Kier alpha value is -2.17. The Bertz CT molecular complexity index is 487. The fourth-order valence-electron chi connectivity index (χ4n) is 1.55. The highest BCUT2D eigenvalue weighted by atomic mass is 16.5. The van der Waals surface area contributed by atoms with Crippen LogP contribution in [-0.4, -0.2) is 27.6 Å². The van der Waals surface area contributed by atoms with Gasteiger partial charge in [-0.15, -0.1) is 0 Å². The molecule has 2 heterocycles. The van der Waals surface area contributed by atoms with Crippen LogP contribution in [0, 0.1) is 0 Å². The standard InChI is InChI=1S/C14H18N4O/c1-3-12-8-17-14(18-9-12)16-7-11(2)19-13-5-4-6-15-10-13/h4-6,8-11H,3,7H2,1-2H3,(H,16,17,18). The van der Waals surface area contributed by atoms with Crippen LogP contribution in [0.1, 0.15) is 19.4 Å². The zero-order valence-corrected chi connectivity index (χ0v) is 11.2. The maximum absolute atomic E-state index is 5.70. The number of anilines is 1. The second kappa shape index (κ2) is 6.68. The lowest BCUT2D eigenvalue weighted by molar-refractivity contribution is 0.233. The predicted octanol–water partition coefficient (Wildman–Crippen LogP) is 2.31. The molecule has 2 aromatic rings. The first-order chi connectivity index (χ1) is 9.28. The molecule has 0 amide bonds. The Balaban J connectivity index is 1.81. The molecule has 0 radical (unpaired) electrons. The molecule has 100 valence electrons. The number of nitrogens with one attached hydrogen (secondary N) is 1. The summed E-state index contributed by atoms with van der Waals surface area (Å²) < 4.78 is 5.70. The van der Waals surface area contributed by atoms with E-state index < -0.39 is 0 Å². The van der Waals surface area contributed by atoms with Crippen LogP contribution in [0.15, 0.2) is 36.9 Å². The molecular weight excluding hydrogens is 240 g/mol. The van der Waals surface area contributed by atoms with E-state index in [2.05, 4.69) is 27.2 Å². The summed E-state index contributed by atoms with van der Waals surface area (Å²) >= 11 is 0. The first kappa shape index (κ1) is 13.3. The molecule has 19 heavy (non-hydrogen) atoms. The lowest BCUT2D eigenvalue weighted by atomic mass is 10.3. The van der Waals surface area contributed by atoms with Crippen molar-refractivity contribution in [1.29, 1.82) is 0 Å². The van der Waals surface area contributed by atoms with Crippen LogP contribution in [0.25, 0.3) is 0 Å². The van der Waals surface area contributed by atoms with Gasteiger partial charge in [0.25, 0.3) is 0 Å². The Morgan fingerprint density at radius 1 is 1.26 bits per heavy atom. The monoisotopic (exact) mass is 258 g/mol. The lowest BCUT2D eigenvalue weighted by Crippen LogP contribution is -2.23. The van der Waals surface area contributed by atoms with Gasteiger partial charge in [-0.2, -0.15) is 0 Å². The summed E-state index contributed by atoms with van der Waals surface area (Å²) in [4.78, 5) is 12.5. The van der Waals surface area contributed by atoms with Crippen LogP contribution >= 0.6 is 0 Å². The van der Waals surface area contributed by atoms with Gasteiger partial charge in [0.2, 0.25) is 5.95 Å². The van der Waals surface area contributed by atoms with Crippen molar-refractivity contribution in [2.75, 3.05) is 11.9 Å². The van der Waals surface area contributed by atoms with E-state index in [9.17, 15) is 0 Å². The van der Waals surface area contributed by atoms with Crippen LogP contribution in [0.3, 0.4) is 0 Å². The first-order valence-electron chi connectivity index (χ1n) is 6.39. The molecule has 2 rings (SSSR count). The summed E-state index contributed by atoms with van der Waals surface area (Å²) in [6.07, 6.45) is 8.05. The Kier molecular flexibility index (Phi) is 4.66. The number of pyridine rings is 1. The van der Waals surface area contributed by atoms with E-state index in [1.54, 1.807) is 12.4 Å². The molecule has 0 aromatic carbocycles. The zero-order chi connectivity index (χ0) is 13.5. The number of aryl methyl sites for hydroxylation is 1. The Morgan fingerprint density at radius 2 is 2.05 bits per heavy atom. The van der Waals surface area contributed by atoms with Crippen LogP contribution < -0.4 is 10.1 Å². The van der Waals surface area contributed by atoms with Crippen molar-refractivity contribution in [3.63, 3.8) is 0 Å². The van der Waals surface area contributed by atoms with E-state index in [4.69, 9.17) is 4.74 Å². The third-order valence-corrected chi connectivity index (χ3v) is 2.63. The van der Waals surface area contributed by atoms with Crippen molar-refractivity contribution < 1.29 is 4.74 Å². The maximum Gasteiger partial charge on any atom is 0.222 e. The fraction of sp³-hybridized carbons (Fsp3) is 0.357. The molecule has 1 unspecified atom stereocenters. The molecule has 0 saturated carbocycles. The van der Waals surface area contributed by atoms with Crippen molar-refractivity contribution >= 4 is 5.95 Å². The van der Waals surface area contributed by atoms with Crippen molar-refractivity contribution in [2.45, 2.75) is 26.4 Å². The van der Waals surface area contributed by atoms with E-state index in [-0.39, 0.29) is 6.10 Å². The number of rotatable bonds is 6. The normalized spacial score (nSPS) is 11.9. The Labute approximate surface area is 113 Å². The molecule has 5 nitrogen and oxygen atoms in total. The largest absolute Gasteiger partial charge is 0.487 e. The minimum absolute atomic E-state index is 0.0126. The molecule has 5 heteroatoms. The van der Waals surface area contributed by atoms with Gasteiger partial charge in [-0.1, -0.05) is 6.92 Å². The quantitative estimate of drug-likeness (QED) is 0.861. The number of ether oxygens (including phenoxy) is 1. The van der Waals surface area contributed by atoms with Gasteiger partial charge in [-0.05, 0) is 31.0 Å². The molecule has 0 fully saturated rings. The van der Waals surface area contributed by atoms with Gasteiger partial charge in [0.15, 0.2) is 0 Å². The summed E-state index contributed by atoms with van der Waals surface area (Å²) in [5, 5.41) is 3.15. The van der Waals surface area contributed by atoms with Gasteiger partial charge in [-0.25, -0.2) is 9.97 Å². The first-order valence-corrected chi connectivity index (χ1v) is 6.39. The van der Waals surface area contributed by atoms with Gasteiger partial charge in [0, 0.05) is 18.6 Å². The number of hydrogen-bond donors (Lipinski definition) is 1. The lowest BCUT2D eigenvalue weighted by Gasteiger charge is -2.15. The average molecular weight is 258 g/mol. The van der Waals surface area contributed by atoms with E-state index in [0.29, 0.717) is 12.5 Å². The highest BCUT2D eigenvalue weighted by Crippen LogP contribution is 2.09. The van der Waals surface area contributed by atoms with Crippen molar-refractivity contribution in [3.05, 3.63) is 42.5 Å². The maximum atomic E-state index is 5.70. The van der Waals surface area contributed by atoms with Gasteiger partial charge >= 0.3 is 0 Å². The molecule has 0 aliphatic rings. The zero-order valence-electron chi connectivity index (χ0n) is 11.2. The van der Waals surface area contributed by atoms with E-state index in [0.717, 1.165) is 17.7 Å². The molecule has 0 aliphatic heterocycles. The van der Waals surface area contributed by atoms with E-state index in [1.807, 2.05) is 31.5 Å². The topological polar surface area (TPSA) is 59.9 Å². The fourth-order valence-corrected chi connectivity index (χ4v) is 1.55. The van der Waals surface area contributed by atoms with E-state index in [1.165, 1.54) is 0 Å². The number of aromatic nitrogens is 3. The van der Waals surface area contributed by atoms with Crippen molar-refractivity contribution in [3.8, 4) is 5.75 Å². The third kappa shape index (κ3) is 4.21. The molecular formula is C14H18N4O. The van der Waals surface area contributed by atoms with Crippen molar-refractivity contribution in [2.24, 2.45) is 0 Å². The van der Waals surface area contributed by atoms with Gasteiger partial charge in [0.05, 0.1) is 12.7 Å². The average Bonchev–Trinajstić information content (AvgIpc) is 2.47. The molecule has 1 N–H and O–H groups in total. The number of hydrogen-bond acceptors (Lipinski definition) is 5. The summed E-state index contributed by atoms with van der Waals surface area (Å²) in [7, 11) is 0. The summed E-state index contributed by atoms with van der Waals surface area (Å²) in [5.74, 6) is 1.39. The summed E-state index contributed by atoms with van der Waals surface area (Å²) in [6, 6.07) is 3.73. The van der Waals surface area contributed by atoms with Crippen molar-refractivity contribution in [1.82, 2.24) is 15.0 Å². The molecule has 2 aromatic heterocycles. The molecule has 0 bridgehead atoms. The Morgan fingerprint density at radius 3 is 2.68 bits per heavy atom. The highest BCUT2D eigenvalue weighted by molar-refractivity contribution is 5.25. The smallest absolute Gasteiger partial charge is 0.222 e. The van der Waals surface area contributed by atoms with Crippen LogP contribution in [0.4, 0.5) is 5.95 Å². The molecule has 1 atom stereocenters. The number of nitrogens with zero attached hydrogens (tertiary/aromatic N) is 3. The second-order valence-corrected chi connectivity index (χ2v) is 4.27.